The van der Waals surface area contributed by atoms with E-state index in [0.717, 1.165) is 5.56 Å². The molecule has 0 aliphatic heterocycles. The number of benzene rings is 1. The Balaban J connectivity index is 2.64. The molecule has 1 aromatic rings. The molecule has 0 aliphatic rings. The average Bonchev–Trinajstić information content (AvgIpc) is 2.09. The molecule has 1 amide bonds. The van der Waals surface area contributed by atoms with Gasteiger partial charge in [-0.15, -0.1) is 0 Å². The lowest BCUT2D eigenvalue weighted by Crippen LogP contribution is -2.17. The Morgan fingerprint density at radius 3 is 2.50 bits per heavy atom. The Bertz CT molecular complexity index is 268. The summed E-state index contributed by atoms with van der Waals surface area (Å²) >= 11 is 5.67. The monoisotopic (exact) mass is 182 g/mol. The molecule has 2 nitrogen and oxygen atoms in total. The summed E-state index contributed by atoms with van der Waals surface area (Å²) in [6.45, 7) is 0. The van der Waals surface area contributed by atoms with Gasteiger partial charge in [0.05, 0.1) is 6.42 Å². The molecule has 1 radical (unpaired) electrons. The van der Waals surface area contributed by atoms with E-state index in [2.05, 4.69) is 12.4 Å². The molecular formula is C9H9ClNO. The summed E-state index contributed by atoms with van der Waals surface area (Å²) in [7, 11) is 3.27. The Hall–Kier alpha value is -1.02. The van der Waals surface area contributed by atoms with E-state index in [1.807, 2.05) is 12.1 Å². The molecule has 0 saturated heterocycles. The third kappa shape index (κ3) is 2.55. The molecule has 0 heterocycles. The minimum absolute atomic E-state index is 0.0997. The Kier molecular flexibility index (Phi) is 3.11. The van der Waals surface area contributed by atoms with Gasteiger partial charge in [0.15, 0.2) is 0 Å². The van der Waals surface area contributed by atoms with Crippen molar-refractivity contribution in [3.8, 4) is 0 Å². The summed E-state index contributed by atoms with van der Waals surface area (Å²) in [5.74, 6) is -0.0997. The van der Waals surface area contributed by atoms with Crippen molar-refractivity contribution in [1.29, 1.82) is 0 Å². The average molecular weight is 183 g/mol. The highest BCUT2D eigenvalue weighted by Crippen LogP contribution is 2.09. The van der Waals surface area contributed by atoms with Gasteiger partial charge < -0.3 is 5.32 Å². The van der Waals surface area contributed by atoms with Crippen LogP contribution >= 0.6 is 11.6 Å². The molecule has 0 aliphatic carbocycles. The Morgan fingerprint density at radius 2 is 2.00 bits per heavy atom. The van der Waals surface area contributed by atoms with Gasteiger partial charge in [0.25, 0.3) is 0 Å². The maximum Gasteiger partial charge on any atom is 0.224 e. The van der Waals surface area contributed by atoms with Gasteiger partial charge in [-0.3, -0.25) is 4.79 Å². The zero-order valence-corrected chi connectivity index (χ0v) is 7.27. The summed E-state index contributed by atoms with van der Waals surface area (Å²) < 4.78 is 0. The Morgan fingerprint density at radius 1 is 1.42 bits per heavy atom. The molecule has 0 spiro atoms. The lowest BCUT2D eigenvalue weighted by Gasteiger charge is -1.99. The van der Waals surface area contributed by atoms with Crippen molar-refractivity contribution in [2.45, 2.75) is 6.42 Å². The molecule has 3 heteroatoms. The molecule has 1 aromatic carbocycles. The highest BCUT2D eigenvalue weighted by Gasteiger charge is 1.99. The van der Waals surface area contributed by atoms with Gasteiger partial charge in [0.2, 0.25) is 5.91 Å². The minimum Gasteiger partial charge on any atom is -0.354 e. The zero-order chi connectivity index (χ0) is 8.97. The topological polar surface area (TPSA) is 29.1 Å². The van der Waals surface area contributed by atoms with E-state index >= 15 is 0 Å². The standard InChI is InChI=1S/C9H9ClNO/c1-11-9(12)6-7-2-4-8(10)5-3-7/h2-5H,1,6H2,(H,11,12). The first-order chi connectivity index (χ1) is 5.72. The second kappa shape index (κ2) is 4.12. The van der Waals surface area contributed by atoms with Crippen LogP contribution in [0.3, 0.4) is 0 Å². The fraction of sp³-hybridized carbons (Fsp3) is 0.111. The maximum atomic E-state index is 10.9. The van der Waals surface area contributed by atoms with Crippen LogP contribution in [0.25, 0.3) is 0 Å². The van der Waals surface area contributed by atoms with Crippen LogP contribution < -0.4 is 5.32 Å². The summed E-state index contributed by atoms with van der Waals surface area (Å²) in [4.78, 5) is 10.9. The first-order valence-corrected chi connectivity index (χ1v) is 3.90. The van der Waals surface area contributed by atoms with Crippen LogP contribution in [0.5, 0.6) is 0 Å². The van der Waals surface area contributed by atoms with Gasteiger partial charge in [-0.25, -0.2) is 0 Å². The summed E-state index contributed by atoms with van der Waals surface area (Å²) in [6, 6.07) is 7.15. The van der Waals surface area contributed by atoms with Crippen molar-refractivity contribution < 1.29 is 4.79 Å². The second-order valence-electron chi connectivity index (χ2n) is 2.40. The highest BCUT2D eigenvalue weighted by molar-refractivity contribution is 6.30. The summed E-state index contributed by atoms with van der Waals surface area (Å²) in [6.07, 6.45) is 0.348. The fourth-order valence-electron chi connectivity index (χ4n) is 0.850. The summed E-state index contributed by atoms with van der Waals surface area (Å²) in [5, 5.41) is 2.98. The molecule has 63 valence electrons. The van der Waals surface area contributed by atoms with Crippen molar-refractivity contribution in [2.24, 2.45) is 0 Å². The number of hydrogen-bond acceptors (Lipinski definition) is 1. The maximum absolute atomic E-state index is 10.9. The summed E-state index contributed by atoms with van der Waals surface area (Å²) in [5.41, 5.74) is 0.931. The molecule has 0 saturated carbocycles. The van der Waals surface area contributed by atoms with Gasteiger partial charge in [-0.1, -0.05) is 23.7 Å². The number of carbonyl (C=O) groups excluding carboxylic acids is 1. The van der Waals surface area contributed by atoms with Crippen LogP contribution in [-0.2, 0) is 11.2 Å². The molecule has 0 bridgehead atoms. The van der Waals surface area contributed by atoms with E-state index in [-0.39, 0.29) is 5.91 Å². The van der Waals surface area contributed by atoms with Crippen molar-refractivity contribution in [2.75, 3.05) is 0 Å². The van der Waals surface area contributed by atoms with Gasteiger partial charge in [-0.05, 0) is 17.7 Å². The van der Waals surface area contributed by atoms with Crippen LogP contribution in [0.4, 0.5) is 0 Å². The van der Waals surface area contributed by atoms with Crippen LogP contribution in [0, 0.1) is 7.05 Å². The van der Waals surface area contributed by atoms with Crippen molar-refractivity contribution in [3.63, 3.8) is 0 Å². The molecular weight excluding hydrogens is 174 g/mol. The largest absolute Gasteiger partial charge is 0.354 e. The van der Waals surface area contributed by atoms with E-state index in [4.69, 9.17) is 11.6 Å². The number of nitrogens with one attached hydrogen (secondary N) is 1. The molecule has 0 unspecified atom stereocenters. The lowest BCUT2D eigenvalue weighted by atomic mass is 10.1. The first kappa shape index (κ1) is 9.07. The number of hydrogen-bond donors (Lipinski definition) is 1. The first-order valence-electron chi connectivity index (χ1n) is 3.53. The van der Waals surface area contributed by atoms with E-state index in [9.17, 15) is 4.79 Å². The van der Waals surface area contributed by atoms with Gasteiger partial charge in [-0.2, -0.15) is 0 Å². The van der Waals surface area contributed by atoms with Crippen LogP contribution in [0.15, 0.2) is 24.3 Å². The van der Waals surface area contributed by atoms with E-state index < -0.39 is 0 Å². The lowest BCUT2D eigenvalue weighted by molar-refractivity contribution is -0.119. The molecule has 1 rings (SSSR count). The fourth-order valence-corrected chi connectivity index (χ4v) is 0.976. The quantitative estimate of drug-likeness (QED) is 0.743. The molecule has 1 N–H and O–H groups in total. The van der Waals surface area contributed by atoms with Gasteiger partial charge >= 0.3 is 0 Å². The van der Waals surface area contributed by atoms with Crippen LogP contribution in [0.1, 0.15) is 5.56 Å². The molecule has 12 heavy (non-hydrogen) atoms. The van der Waals surface area contributed by atoms with Crippen LogP contribution in [0.2, 0.25) is 5.02 Å². The van der Waals surface area contributed by atoms with E-state index in [0.29, 0.717) is 11.4 Å². The van der Waals surface area contributed by atoms with Gasteiger partial charge in [0.1, 0.15) is 0 Å². The molecule has 0 fully saturated rings. The highest BCUT2D eigenvalue weighted by atomic mass is 35.5. The Labute approximate surface area is 76.5 Å². The molecule has 0 atom stereocenters. The van der Waals surface area contributed by atoms with E-state index in [1.165, 1.54) is 0 Å². The van der Waals surface area contributed by atoms with Crippen LogP contribution in [-0.4, -0.2) is 5.91 Å². The van der Waals surface area contributed by atoms with E-state index in [1.54, 1.807) is 12.1 Å². The number of amides is 1. The SMILES string of the molecule is [CH2]NC(=O)Cc1ccc(Cl)cc1. The molecule has 0 aromatic heterocycles. The van der Waals surface area contributed by atoms with Crippen molar-refractivity contribution in [1.82, 2.24) is 5.32 Å². The predicted octanol–water partition coefficient (Wildman–Crippen LogP) is 1.79. The second-order valence-corrected chi connectivity index (χ2v) is 2.84. The number of rotatable bonds is 2. The predicted molar refractivity (Wildman–Crippen MR) is 48.7 cm³/mol. The third-order valence-electron chi connectivity index (χ3n) is 1.48. The smallest absolute Gasteiger partial charge is 0.224 e. The number of carbonyl (C=O) groups is 1. The van der Waals surface area contributed by atoms with Gasteiger partial charge in [0, 0.05) is 12.1 Å². The number of halogens is 1. The van der Waals surface area contributed by atoms with Crippen molar-refractivity contribution in [3.05, 3.63) is 41.9 Å². The zero-order valence-electron chi connectivity index (χ0n) is 6.51. The van der Waals surface area contributed by atoms with Crippen molar-refractivity contribution >= 4 is 17.5 Å². The third-order valence-corrected chi connectivity index (χ3v) is 1.73. The minimum atomic E-state index is -0.0997. The normalized spacial score (nSPS) is 9.50.